The van der Waals surface area contributed by atoms with Gasteiger partial charge in [0.1, 0.15) is 12.4 Å². The van der Waals surface area contributed by atoms with Gasteiger partial charge < -0.3 is 14.7 Å². The van der Waals surface area contributed by atoms with Crippen LogP contribution >= 0.6 is 0 Å². The molecule has 0 amide bonds. The molecule has 19 heavy (non-hydrogen) atoms. The van der Waals surface area contributed by atoms with Crippen molar-refractivity contribution in [3.8, 4) is 11.6 Å². The van der Waals surface area contributed by atoms with Crippen molar-refractivity contribution in [2.45, 2.75) is 0 Å². The van der Waals surface area contributed by atoms with Crippen molar-refractivity contribution >= 4 is 17.1 Å². The largest absolute Gasteiger partial charge is 0.497 e. The highest BCUT2D eigenvalue weighted by molar-refractivity contribution is 5.90. The molecular weight excluding hydrogens is 244 g/mol. The zero-order valence-corrected chi connectivity index (χ0v) is 10.5. The predicted octanol–water partition coefficient (Wildman–Crippen LogP) is 2.62. The summed E-state index contributed by atoms with van der Waals surface area (Å²) < 4.78 is 10.6. The average molecular weight is 258 g/mol. The molecule has 0 spiro atoms. The lowest BCUT2D eigenvalue weighted by molar-refractivity contribution is 0.320. The molecule has 0 unspecified atom stereocenters. The molecule has 0 bridgehead atoms. The summed E-state index contributed by atoms with van der Waals surface area (Å²) in [4.78, 5) is 4.38. The number of nitrogens with zero attached hydrogens (tertiary/aromatic N) is 2. The summed E-state index contributed by atoms with van der Waals surface area (Å²) >= 11 is 0. The van der Waals surface area contributed by atoms with E-state index in [0.717, 1.165) is 16.7 Å². The maximum Gasteiger partial charge on any atom is 0.223 e. The van der Waals surface area contributed by atoms with E-state index in [1.165, 1.54) is 6.21 Å². The molecule has 0 atom stereocenters. The average Bonchev–Trinajstić information content (AvgIpc) is 2.44. The van der Waals surface area contributed by atoms with Crippen LogP contribution in [0.5, 0.6) is 11.6 Å². The van der Waals surface area contributed by atoms with E-state index in [-0.39, 0.29) is 0 Å². The first-order valence-corrected chi connectivity index (χ1v) is 5.68. The molecule has 1 heterocycles. The molecule has 5 heteroatoms. The van der Waals surface area contributed by atoms with Crippen LogP contribution < -0.4 is 9.47 Å². The summed E-state index contributed by atoms with van der Waals surface area (Å²) in [6.07, 6.45) is 2.91. The van der Waals surface area contributed by atoms with Gasteiger partial charge >= 0.3 is 0 Å². The number of rotatable bonds is 5. The Balaban J connectivity index is 2.54. The SMILES string of the molecule is C=CCOc1nc2ccc(OC)cc2cc1/C=N/O. The van der Waals surface area contributed by atoms with E-state index >= 15 is 0 Å². The summed E-state index contributed by atoms with van der Waals surface area (Å²) in [6, 6.07) is 7.35. The minimum Gasteiger partial charge on any atom is -0.497 e. The fraction of sp³-hybridized carbons (Fsp3) is 0.143. The Morgan fingerprint density at radius 3 is 2.95 bits per heavy atom. The molecule has 0 aliphatic heterocycles. The predicted molar refractivity (Wildman–Crippen MR) is 73.4 cm³/mol. The fourth-order valence-corrected chi connectivity index (χ4v) is 1.69. The molecule has 2 aromatic rings. The zero-order valence-electron chi connectivity index (χ0n) is 10.5. The first kappa shape index (κ1) is 12.9. The molecule has 1 N–H and O–H groups in total. The third-order valence-corrected chi connectivity index (χ3v) is 2.55. The highest BCUT2D eigenvalue weighted by Gasteiger charge is 2.07. The maximum absolute atomic E-state index is 8.68. The number of pyridine rings is 1. The number of methoxy groups -OCH3 is 1. The lowest BCUT2D eigenvalue weighted by Crippen LogP contribution is -2.00. The minimum absolute atomic E-state index is 0.334. The van der Waals surface area contributed by atoms with Gasteiger partial charge in [0.2, 0.25) is 5.88 Å². The molecule has 0 aliphatic carbocycles. The standard InChI is InChI=1S/C14H14N2O3/c1-3-6-19-14-11(9-15-17)7-10-8-12(18-2)4-5-13(10)16-14/h3-5,7-9,17H,1,6H2,2H3/b15-9+. The maximum atomic E-state index is 8.68. The Labute approximate surface area is 110 Å². The fourth-order valence-electron chi connectivity index (χ4n) is 1.69. The molecule has 0 radical (unpaired) electrons. The van der Waals surface area contributed by atoms with Crippen LogP contribution in [0.3, 0.4) is 0 Å². The zero-order chi connectivity index (χ0) is 13.7. The van der Waals surface area contributed by atoms with Crippen molar-refractivity contribution in [1.29, 1.82) is 0 Å². The van der Waals surface area contributed by atoms with Gasteiger partial charge in [0.05, 0.1) is 24.4 Å². The molecule has 1 aromatic carbocycles. The third kappa shape index (κ3) is 2.82. The van der Waals surface area contributed by atoms with E-state index in [2.05, 4.69) is 16.7 Å². The molecule has 5 nitrogen and oxygen atoms in total. The summed E-state index contributed by atoms with van der Waals surface area (Å²) in [7, 11) is 1.60. The van der Waals surface area contributed by atoms with E-state index in [1.54, 1.807) is 13.2 Å². The molecule has 98 valence electrons. The van der Waals surface area contributed by atoms with Gasteiger partial charge in [-0.25, -0.2) is 4.98 Å². The molecule has 2 rings (SSSR count). The lowest BCUT2D eigenvalue weighted by atomic mass is 10.1. The van der Waals surface area contributed by atoms with Crippen LogP contribution in [-0.2, 0) is 0 Å². The number of benzene rings is 1. The number of oxime groups is 1. The number of fused-ring (bicyclic) bond motifs is 1. The normalized spacial score (nSPS) is 10.8. The van der Waals surface area contributed by atoms with Gasteiger partial charge in [0.15, 0.2) is 0 Å². The van der Waals surface area contributed by atoms with Crippen LogP contribution in [-0.4, -0.2) is 30.1 Å². The first-order valence-electron chi connectivity index (χ1n) is 5.68. The second-order valence-corrected chi connectivity index (χ2v) is 3.79. The quantitative estimate of drug-likeness (QED) is 0.387. The Hall–Kier alpha value is -2.56. The Morgan fingerprint density at radius 2 is 2.26 bits per heavy atom. The highest BCUT2D eigenvalue weighted by Crippen LogP contribution is 2.24. The lowest BCUT2D eigenvalue weighted by Gasteiger charge is -2.08. The molecule has 0 aliphatic rings. The van der Waals surface area contributed by atoms with Crippen molar-refractivity contribution in [3.63, 3.8) is 0 Å². The number of hydrogen-bond acceptors (Lipinski definition) is 5. The topological polar surface area (TPSA) is 63.9 Å². The van der Waals surface area contributed by atoms with Gasteiger partial charge in [0.25, 0.3) is 0 Å². The van der Waals surface area contributed by atoms with Gasteiger partial charge in [-0.15, -0.1) is 0 Å². The van der Waals surface area contributed by atoms with Gasteiger partial charge in [-0.2, -0.15) is 0 Å². The van der Waals surface area contributed by atoms with Crippen LogP contribution in [0.4, 0.5) is 0 Å². The number of hydrogen-bond donors (Lipinski definition) is 1. The summed E-state index contributed by atoms with van der Waals surface area (Å²) in [5.41, 5.74) is 1.36. The van der Waals surface area contributed by atoms with Crippen LogP contribution in [0.15, 0.2) is 42.1 Å². The van der Waals surface area contributed by atoms with Crippen molar-refractivity contribution in [2.24, 2.45) is 5.16 Å². The van der Waals surface area contributed by atoms with E-state index in [1.807, 2.05) is 24.3 Å². The Bertz CT molecular complexity index is 623. The Kier molecular flexibility index (Phi) is 3.97. The molecule has 0 saturated heterocycles. The van der Waals surface area contributed by atoms with E-state index < -0.39 is 0 Å². The molecule has 0 fully saturated rings. The summed E-state index contributed by atoms with van der Waals surface area (Å²) in [5, 5.41) is 12.6. The van der Waals surface area contributed by atoms with Crippen LogP contribution in [0, 0.1) is 0 Å². The van der Waals surface area contributed by atoms with E-state index in [4.69, 9.17) is 14.7 Å². The number of ether oxygens (including phenoxy) is 2. The van der Waals surface area contributed by atoms with Crippen LogP contribution in [0.2, 0.25) is 0 Å². The minimum atomic E-state index is 0.334. The second-order valence-electron chi connectivity index (χ2n) is 3.79. The van der Waals surface area contributed by atoms with Crippen molar-refractivity contribution < 1.29 is 14.7 Å². The van der Waals surface area contributed by atoms with Crippen LogP contribution in [0.25, 0.3) is 10.9 Å². The van der Waals surface area contributed by atoms with Gasteiger partial charge in [-0.1, -0.05) is 17.8 Å². The van der Waals surface area contributed by atoms with E-state index in [0.29, 0.717) is 18.1 Å². The molecule has 1 aromatic heterocycles. The third-order valence-electron chi connectivity index (χ3n) is 2.55. The second kappa shape index (κ2) is 5.86. The van der Waals surface area contributed by atoms with Crippen molar-refractivity contribution in [3.05, 3.63) is 42.5 Å². The summed E-state index contributed by atoms with van der Waals surface area (Å²) in [6.45, 7) is 3.92. The van der Waals surface area contributed by atoms with Gasteiger partial charge in [0, 0.05) is 5.39 Å². The van der Waals surface area contributed by atoms with Crippen molar-refractivity contribution in [1.82, 2.24) is 4.98 Å². The van der Waals surface area contributed by atoms with E-state index in [9.17, 15) is 0 Å². The number of aromatic nitrogens is 1. The first-order chi connectivity index (χ1) is 9.28. The molecular formula is C14H14N2O3. The monoisotopic (exact) mass is 258 g/mol. The van der Waals surface area contributed by atoms with Gasteiger partial charge in [-0.3, -0.25) is 0 Å². The smallest absolute Gasteiger partial charge is 0.223 e. The molecule has 0 saturated carbocycles. The van der Waals surface area contributed by atoms with Gasteiger partial charge in [-0.05, 0) is 24.3 Å². The van der Waals surface area contributed by atoms with Crippen molar-refractivity contribution in [2.75, 3.05) is 13.7 Å². The Morgan fingerprint density at radius 1 is 1.42 bits per heavy atom. The highest BCUT2D eigenvalue weighted by atomic mass is 16.5. The van der Waals surface area contributed by atoms with Crippen LogP contribution in [0.1, 0.15) is 5.56 Å². The summed E-state index contributed by atoms with van der Waals surface area (Å²) in [5.74, 6) is 1.14.